The van der Waals surface area contributed by atoms with Gasteiger partial charge in [-0.25, -0.2) is 4.39 Å². The van der Waals surface area contributed by atoms with Crippen LogP contribution in [0.15, 0.2) is 46.9 Å². The molecule has 1 heterocycles. The van der Waals surface area contributed by atoms with Crippen molar-refractivity contribution in [3.63, 3.8) is 0 Å². The first-order valence-corrected chi connectivity index (χ1v) is 7.13. The van der Waals surface area contributed by atoms with Crippen molar-refractivity contribution in [3.8, 4) is 0 Å². The molecular formula is C17H15ClFNO. The molecule has 0 aliphatic heterocycles. The van der Waals surface area contributed by atoms with Crippen molar-refractivity contribution < 1.29 is 8.81 Å². The zero-order valence-corrected chi connectivity index (χ0v) is 12.5. The lowest BCUT2D eigenvalue weighted by molar-refractivity contribution is 0.522. The van der Waals surface area contributed by atoms with Crippen LogP contribution in [0.5, 0.6) is 0 Å². The number of rotatable bonds is 3. The van der Waals surface area contributed by atoms with Crippen molar-refractivity contribution in [3.05, 3.63) is 64.6 Å². The molecule has 0 fully saturated rings. The molecular weight excluding hydrogens is 289 g/mol. The van der Waals surface area contributed by atoms with Crippen LogP contribution in [0.2, 0.25) is 5.02 Å². The zero-order chi connectivity index (χ0) is 15.0. The quantitative estimate of drug-likeness (QED) is 0.670. The molecule has 0 radical (unpaired) electrons. The smallest absolute Gasteiger partial charge is 0.134 e. The molecule has 0 amide bonds. The molecule has 0 spiro atoms. The molecule has 21 heavy (non-hydrogen) atoms. The number of hydrogen-bond acceptors (Lipinski definition) is 2. The van der Waals surface area contributed by atoms with Gasteiger partial charge < -0.3 is 9.73 Å². The van der Waals surface area contributed by atoms with Gasteiger partial charge in [-0.3, -0.25) is 0 Å². The minimum absolute atomic E-state index is 0.0877. The van der Waals surface area contributed by atoms with E-state index in [-0.39, 0.29) is 11.9 Å². The van der Waals surface area contributed by atoms with E-state index in [4.69, 9.17) is 16.0 Å². The second-order valence-electron chi connectivity index (χ2n) is 5.11. The van der Waals surface area contributed by atoms with Crippen LogP contribution in [0.3, 0.4) is 0 Å². The van der Waals surface area contributed by atoms with Crippen LogP contribution < -0.4 is 5.32 Å². The number of benzene rings is 2. The zero-order valence-electron chi connectivity index (χ0n) is 11.8. The van der Waals surface area contributed by atoms with Crippen molar-refractivity contribution >= 4 is 28.3 Å². The van der Waals surface area contributed by atoms with E-state index in [1.807, 2.05) is 38.1 Å². The summed E-state index contributed by atoms with van der Waals surface area (Å²) in [6, 6.07) is 12.2. The van der Waals surface area contributed by atoms with Crippen molar-refractivity contribution in [1.82, 2.24) is 0 Å². The van der Waals surface area contributed by atoms with E-state index in [2.05, 4.69) is 5.32 Å². The van der Waals surface area contributed by atoms with Gasteiger partial charge in [-0.1, -0.05) is 29.8 Å². The molecule has 0 aliphatic rings. The van der Waals surface area contributed by atoms with Gasteiger partial charge in [-0.2, -0.15) is 0 Å². The second kappa shape index (κ2) is 5.41. The first-order chi connectivity index (χ1) is 10.0. The normalized spacial score (nSPS) is 12.6. The number of nitrogens with one attached hydrogen (secondary N) is 1. The lowest BCUT2D eigenvalue weighted by Gasteiger charge is -2.14. The van der Waals surface area contributed by atoms with Gasteiger partial charge in [-0.15, -0.1) is 0 Å². The molecule has 0 bridgehead atoms. The van der Waals surface area contributed by atoms with Crippen LogP contribution in [0.4, 0.5) is 10.1 Å². The Hall–Kier alpha value is -2.00. The molecule has 0 saturated heterocycles. The Morgan fingerprint density at radius 1 is 1.19 bits per heavy atom. The molecule has 4 heteroatoms. The lowest BCUT2D eigenvalue weighted by atomic mass is 10.1. The average molecular weight is 304 g/mol. The number of hydrogen-bond donors (Lipinski definition) is 1. The molecule has 1 N–H and O–H groups in total. The minimum Gasteiger partial charge on any atom is -0.459 e. The Balaban J connectivity index is 1.93. The van der Waals surface area contributed by atoms with E-state index in [1.165, 1.54) is 12.1 Å². The van der Waals surface area contributed by atoms with Crippen LogP contribution in [0.1, 0.15) is 24.3 Å². The number of para-hydroxylation sites is 1. The van der Waals surface area contributed by atoms with Crippen LogP contribution in [0.25, 0.3) is 11.0 Å². The van der Waals surface area contributed by atoms with Gasteiger partial charge in [0.25, 0.3) is 0 Å². The summed E-state index contributed by atoms with van der Waals surface area (Å²) in [7, 11) is 0. The third-order valence-corrected chi connectivity index (χ3v) is 3.74. The van der Waals surface area contributed by atoms with E-state index < -0.39 is 0 Å². The van der Waals surface area contributed by atoms with E-state index in [1.54, 1.807) is 6.07 Å². The highest BCUT2D eigenvalue weighted by molar-refractivity contribution is 6.30. The van der Waals surface area contributed by atoms with Crippen molar-refractivity contribution in [2.45, 2.75) is 19.9 Å². The summed E-state index contributed by atoms with van der Waals surface area (Å²) in [5.41, 5.74) is 2.58. The predicted octanol–water partition coefficient (Wildman–Crippen LogP) is 5.71. The monoisotopic (exact) mass is 303 g/mol. The molecule has 0 aliphatic carbocycles. The van der Waals surface area contributed by atoms with Gasteiger partial charge in [0.05, 0.1) is 6.04 Å². The lowest BCUT2D eigenvalue weighted by Crippen LogP contribution is -2.07. The number of fused-ring (bicyclic) bond motifs is 1. The topological polar surface area (TPSA) is 25.2 Å². The third-order valence-electron chi connectivity index (χ3n) is 3.52. The first kappa shape index (κ1) is 14.0. The Morgan fingerprint density at radius 2 is 1.95 bits per heavy atom. The summed E-state index contributed by atoms with van der Waals surface area (Å²) >= 11 is 5.87. The van der Waals surface area contributed by atoms with Gasteiger partial charge in [0, 0.05) is 21.7 Å². The Labute approximate surface area is 127 Å². The summed E-state index contributed by atoms with van der Waals surface area (Å²) in [6.07, 6.45) is 0. The van der Waals surface area contributed by atoms with Gasteiger partial charge in [-0.05, 0) is 38.1 Å². The van der Waals surface area contributed by atoms with Gasteiger partial charge in [0.1, 0.15) is 17.2 Å². The van der Waals surface area contributed by atoms with Crippen molar-refractivity contribution in [2.24, 2.45) is 0 Å². The highest BCUT2D eigenvalue weighted by Crippen LogP contribution is 2.31. The average Bonchev–Trinajstić information content (AvgIpc) is 2.76. The standard InChI is InChI=1S/C17H15ClFNO/c1-10-15-5-3-4-6-16(15)21-17(10)11(2)20-14-8-12(18)7-13(19)9-14/h3-9,11,20H,1-2H3. The molecule has 108 valence electrons. The first-order valence-electron chi connectivity index (χ1n) is 6.75. The number of aryl methyl sites for hydroxylation is 1. The van der Waals surface area contributed by atoms with E-state index >= 15 is 0 Å². The van der Waals surface area contributed by atoms with Gasteiger partial charge in [0.15, 0.2) is 0 Å². The van der Waals surface area contributed by atoms with Crippen LogP contribution in [0, 0.1) is 12.7 Å². The van der Waals surface area contributed by atoms with Gasteiger partial charge in [0.2, 0.25) is 0 Å². The van der Waals surface area contributed by atoms with E-state index in [0.717, 1.165) is 22.3 Å². The fourth-order valence-corrected chi connectivity index (χ4v) is 2.78. The maximum Gasteiger partial charge on any atom is 0.134 e. The Bertz CT molecular complexity index is 776. The van der Waals surface area contributed by atoms with Crippen LogP contribution in [-0.4, -0.2) is 0 Å². The fourth-order valence-electron chi connectivity index (χ4n) is 2.56. The van der Waals surface area contributed by atoms with E-state index in [9.17, 15) is 4.39 Å². The van der Waals surface area contributed by atoms with Crippen LogP contribution in [-0.2, 0) is 0 Å². The summed E-state index contributed by atoms with van der Waals surface area (Å²) in [5, 5.41) is 4.69. The summed E-state index contributed by atoms with van der Waals surface area (Å²) in [4.78, 5) is 0. The maximum atomic E-state index is 13.4. The molecule has 1 atom stereocenters. The number of halogens is 2. The molecule has 2 nitrogen and oxygen atoms in total. The largest absolute Gasteiger partial charge is 0.459 e. The Kier molecular flexibility index (Phi) is 3.60. The SMILES string of the molecule is Cc1c(C(C)Nc2cc(F)cc(Cl)c2)oc2ccccc12. The van der Waals surface area contributed by atoms with Gasteiger partial charge >= 0.3 is 0 Å². The Morgan fingerprint density at radius 3 is 2.67 bits per heavy atom. The maximum absolute atomic E-state index is 13.4. The number of anilines is 1. The molecule has 1 unspecified atom stereocenters. The molecule has 1 aromatic heterocycles. The predicted molar refractivity (Wildman–Crippen MR) is 84.4 cm³/mol. The summed E-state index contributed by atoms with van der Waals surface area (Å²) < 4.78 is 19.3. The number of furan rings is 1. The van der Waals surface area contributed by atoms with Crippen molar-refractivity contribution in [2.75, 3.05) is 5.32 Å². The highest BCUT2D eigenvalue weighted by Gasteiger charge is 2.16. The molecule has 3 rings (SSSR count). The summed E-state index contributed by atoms with van der Waals surface area (Å²) in [6.45, 7) is 4.00. The van der Waals surface area contributed by atoms with Crippen molar-refractivity contribution in [1.29, 1.82) is 0 Å². The summed E-state index contributed by atoms with van der Waals surface area (Å²) in [5.74, 6) is 0.482. The van der Waals surface area contributed by atoms with Crippen LogP contribution >= 0.6 is 11.6 Å². The highest BCUT2D eigenvalue weighted by atomic mass is 35.5. The third kappa shape index (κ3) is 2.74. The second-order valence-corrected chi connectivity index (χ2v) is 5.55. The molecule has 2 aromatic carbocycles. The molecule has 0 saturated carbocycles. The fraction of sp³-hybridized carbons (Fsp3) is 0.176. The molecule has 3 aromatic rings. The minimum atomic E-state index is -0.362. The van der Waals surface area contributed by atoms with E-state index in [0.29, 0.717) is 10.7 Å².